The molecule has 21 heavy (non-hydrogen) atoms. The molecule has 0 bridgehead atoms. The maximum absolute atomic E-state index is 13.0. The molecule has 0 saturated carbocycles. The summed E-state index contributed by atoms with van der Waals surface area (Å²) >= 11 is 0. The van der Waals surface area contributed by atoms with Crippen LogP contribution >= 0.6 is 0 Å². The molecule has 1 rings (SSSR count). The highest BCUT2D eigenvalue weighted by Crippen LogP contribution is 2.14. The summed E-state index contributed by atoms with van der Waals surface area (Å²) in [6.07, 6.45) is -0.589. The Kier molecular flexibility index (Phi) is 6.14. The van der Waals surface area contributed by atoms with Gasteiger partial charge < -0.3 is 15.2 Å². The monoisotopic (exact) mass is 297 g/mol. The number of rotatable bonds is 7. The molecule has 2 N–H and O–H groups in total. The first-order valence-corrected chi connectivity index (χ1v) is 6.75. The van der Waals surface area contributed by atoms with Crippen LogP contribution in [0.5, 0.6) is 5.75 Å². The van der Waals surface area contributed by atoms with E-state index >= 15 is 0 Å². The number of aliphatic carboxylic acids is 1. The molecule has 1 amide bonds. The van der Waals surface area contributed by atoms with E-state index in [0.29, 0.717) is 6.42 Å². The second-order valence-corrected chi connectivity index (χ2v) is 5.25. The first-order valence-electron chi connectivity index (χ1n) is 6.75. The molecular formula is C15H20FNO4. The second kappa shape index (κ2) is 7.61. The van der Waals surface area contributed by atoms with E-state index < -0.39 is 29.8 Å². The lowest BCUT2D eigenvalue weighted by Gasteiger charge is -2.20. The zero-order valence-electron chi connectivity index (χ0n) is 12.3. The Labute approximate surface area is 123 Å². The highest BCUT2D eigenvalue weighted by atomic mass is 19.1. The number of carboxylic acid groups (broad SMARTS) is 1. The van der Waals surface area contributed by atoms with Crippen LogP contribution in [0.25, 0.3) is 0 Å². The first kappa shape index (κ1) is 16.9. The van der Waals surface area contributed by atoms with Crippen molar-refractivity contribution in [2.24, 2.45) is 5.92 Å². The molecule has 0 aliphatic rings. The summed E-state index contributed by atoms with van der Waals surface area (Å²) in [4.78, 5) is 23.0. The lowest BCUT2D eigenvalue weighted by molar-refractivity contribution is -0.143. The third-order valence-corrected chi connectivity index (χ3v) is 2.80. The highest BCUT2D eigenvalue weighted by molar-refractivity contribution is 5.86. The van der Waals surface area contributed by atoms with E-state index in [4.69, 9.17) is 9.84 Å². The van der Waals surface area contributed by atoms with Crippen molar-refractivity contribution in [3.8, 4) is 5.75 Å². The van der Waals surface area contributed by atoms with E-state index in [1.54, 1.807) is 0 Å². The van der Waals surface area contributed by atoms with Gasteiger partial charge in [-0.15, -0.1) is 0 Å². The molecule has 0 spiro atoms. The Morgan fingerprint density at radius 1 is 1.33 bits per heavy atom. The number of halogens is 1. The molecule has 1 unspecified atom stereocenters. The Bertz CT molecular complexity index is 504. The SMILES string of the molecule is CC(C)C[C@@H](NC(=O)C(C)Oc1cccc(F)c1)C(=O)O. The quantitative estimate of drug-likeness (QED) is 0.809. The summed E-state index contributed by atoms with van der Waals surface area (Å²) in [6, 6.07) is 4.45. The van der Waals surface area contributed by atoms with Crippen molar-refractivity contribution >= 4 is 11.9 Å². The molecule has 6 heteroatoms. The van der Waals surface area contributed by atoms with Crippen LogP contribution in [0.2, 0.25) is 0 Å². The van der Waals surface area contributed by atoms with E-state index in [1.165, 1.54) is 25.1 Å². The summed E-state index contributed by atoms with van der Waals surface area (Å²) in [7, 11) is 0. The van der Waals surface area contributed by atoms with Gasteiger partial charge in [-0.2, -0.15) is 0 Å². The van der Waals surface area contributed by atoms with Crippen molar-refractivity contribution in [3.05, 3.63) is 30.1 Å². The summed E-state index contributed by atoms with van der Waals surface area (Å²) in [5.41, 5.74) is 0. The van der Waals surface area contributed by atoms with Crippen molar-refractivity contribution in [1.29, 1.82) is 0 Å². The molecule has 0 aliphatic heterocycles. The van der Waals surface area contributed by atoms with Crippen molar-refractivity contribution < 1.29 is 23.8 Å². The Morgan fingerprint density at radius 2 is 2.00 bits per heavy atom. The summed E-state index contributed by atoms with van der Waals surface area (Å²) < 4.78 is 18.3. The van der Waals surface area contributed by atoms with Gasteiger partial charge in [0.15, 0.2) is 6.10 Å². The van der Waals surface area contributed by atoms with E-state index in [1.807, 2.05) is 13.8 Å². The minimum atomic E-state index is -1.09. The molecule has 0 heterocycles. The zero-order valence-corrected chi connectivity index (χ0v) is 12.3. The molecule has 116 valence electrons. The van der Waals surface area contributed by atoms with Gasteiger partial charge >= 0.3 is 5.97 Å². The summed E-state index contributed by atoms with van der Waals surface area (Å²) in [5.74, 6) is -1.76. The van der Waals surface area contributed by atoms with Gasteiger partial charge in [0.2, 0.25) is 0 Å². The van der Waals surface area contributed by atoms with Crippen molar-refractivity contribution in [1.82, 2.24) is 5.32 Å². The predicted octanol–water partition coefficient (Wildman–Crippen LogP) is 2.21. The Balaban J connectivity index is 2.62. The molecule has 0 aliphatic carbocycles. The van der Waals surface area contributed by atoms with Crippen molar-refractivity contribution in [2.75, 3.05) is 0 Å². The number of carboxylic acids is 1. The molecule has 1 aromatic carbocycles. The third-order valence-electron chi connectivity index (χ3n) is 2.80. The van der Waals surface area contributed by atoms with Crippen LogP contribution in [0.15, 0.2) is 24.3 Å². The van der Waals surface area contributed by atoms with Crippen molar-refractivity contribution in [2.45, 2.75) is 39.3 Å². The number of benzene rings is 1. The van der Waals surface area contributed by atoms with Crippen LogP contribution < -0.4 is 10.1 Å². The van der Waals surface area contributed by atoms with E-state index in [9.17, 15) is 14.0 Å². The smallest absolute Gasteiger partial charge is 0.326 e. The molecule has 0 aromatic heterocycles. The van der Waals surface area contributed by atoms with Crippen LogP contribution in [0, 0.1) is 11.7 Å². The topological polar surface area (TPSA) is 75.6 Å². The normalized spacial score (nSPS) is 13.6. The van der Waals surface area contributed by atoms with Gasteiger partial charge in [0, 0.05) is 6.07 Å². The summed E-state index contributed by atoms with van der Waals surface area (Å²) in [6.45, 7) is 5.22. The van der Waals surface area contributed by atoms with Gasteiger partial charge in [-0.3, -0.25) is 4.79 Å². The number of hydrogen-bond acceptors (Lipinski definition) is 3. The van der Waals surface area contributed by atoms with Gasteiger partial charge in [0.05, 0.1) is 0 Å². The maximum atomic E-state index is 13.0. The standard InChI is InChI=1S/C15H20FNO4/c1-9(2)7-13(15(19)20)17-14(18)10(3)21-12-6-4-5-11(16)8-12/h4-6,8-10,13H,7H2,1-3H3,(H,17,18)(H,19,20)/t10?,13-/m1/s1. The van der Waals surface area contributed by atoms with Crippen LogP contribution in [0.4, 0.5) is 4.39 Å². The molecule has 0 fully saturated rings. The molecule has 1 aromatic rings. The number of carbonyl (C=O) groups is 2. The van der Waals surface area contributed by atoms with Gasteiger partial charge in [-0.05, 0) is 31.4 Å². The summed E-state index contributed by atoms with van der Waals surface area (Å²) in [5, 5.41) is 11.5. The predicted molar refractivity (Wildman–Crippen MR) is 75.5 cm³/mol. The van der Waals surface area contributed by atoms with E-state index in [2.05, 4.69) is 5.32 Å². The lowest BCUT2D eigenvalue weighted by Crippen LogP contribution is -2.46. The van der Waals surface area contributed by atoms with Gasteiger partial charge in [0.1, 0.15) is 17.6 Å². The molecule has 5 nitrogen and oxygen atoms in total. The largest absolute Gasteiger partial charge is 0.481 e. The fourth-order valence-electron chi connectivity index (χ4n) is 1.78. The number of amides is 1. The van der Waals surface area contributed by atoms with Crippen LogP contribution in [0.3, 0.4) is 0 Å². The number of nitrogens with one attached hydrogen (secondary N) is 1. The Morgan fingerprint density at radius 3 is 2.52 bits per heavy atom. The minimum absolute atomic E-state index is 0.130. The van der Waals surface area contributed by atoms with Crippen molar-refractivity contribution in [3.63, 3.8) is 0 Å². The van der Waals surface area contributed by atoms with Gasteiger partial charge in [0.25, 0.3) is 5.91 Å². The maximum Gasteiger partial charge on any atom is 0.326 e. The molecule has 0 saturated heterocycles. The average Bonchev–Trinajstić information content (AvgIpc) is 2.37. The third kappa shape index (κ3) is 5.81. The highest BCUT2D eigenvalue weighted by Gasteiger charge is 2.24. The number of ether oxygens (including phenoxy) is 1. The van der Waals surface area contributed by atoms with Crippen LogP contribution in [-0.4, -0.2) is 29.1 Å². The number of carbonyl (C=O) groups excluding carboxylic acids is 1. The molecule has 2 atom stereocenters. The molecule has 0 radical (unpaired) electrons. The van der Waals surface area contributed by atoms with Gasteiger partial charge in [-0.1, -0.05) is 19.9 Å². The van der Waals surface area contributed by atoms with Crippen LogP contribution in [0.1, 0.15) is 27.2 Å². The minimum Gasteiger partial charge on any atom is -0.481 e. The average molecular weight is 297 g/mol. The second-order valence-electron chi connectivity index (χ2n) is 5.25. The fraction of sp³-hybridized carbons (Fsp3) is 0.467. The van der Waals surface area contributed by atoms with Crippen LogP contribution in [-0.2, 0) is 9.59 Å². The van der Waals surface area contributed by atoms with Gasteiger partial charge in [-0.25, -0.2) is 9.18 Å². The Hall–Kier alpha value is -2.11. The van der Waals surface area contributed by atoms with E-state index in [0.717, 1.165) is 6.07 Å². The number of hydrogen-bond donors (Lipinski definition) is 2. The zero-order chi connectivity index (χ0) is 16.0. The fourth-order valence-corrected chi connectivity index (χ4v) is 1.78. The molecular weight excluding hydrogens is 277 g/mol. The van der Waals surface area contributed by atoms with E-state index in [-0.39, 0.29) is 11.7 Å². The first-order chi connectivity index (χ1) is 9.79. The lowest BCUT2D eigenvalue weighted by atomic mass is 10.0.